The maximum atomic E-state index is 5.70. The van der Waals surface area contributed by atoms with Gasteiger partial charge in [-0.2, -0.15) is 0 Å². The quantitative estimate of drug-likeness (QED) is 0.624. The summed E-state index contributed by atoms with van der Waals surface area (Å²) >= 11 is 0. The van der Waals surface area contributed by atoms with E-state index in [4.69, 9.17) is 5.84 Å². The number of aromatic nitrogens is 1. The first-order valence-corrected chi connectivity index (χ1v) is 7.15. The molecule has 2 aromatic rings. The van der Waals surface area contributed by atoms with Crippen molar-refractivity contribution in [2.75, 3.05) is 0 Å². The van der Waals surface area contributed by atoms with Gasteiger partial charge in [-0.15, -0.1) is 0 Å². The molecular weight excluding hydrogens is 246 g/mol. The predicted octanol–water partition coefficient (Wildman–Crippen LogP) is 3.34. The average molecular weight is 269 g/mol. The second-order valence-corrected chi connectivity index (χ2v) is 5.43. The van der Waals surface area contributed by atoms with Gasteiger partial charge in [-0.05, 0) is 47.6 Å². The number of rotatable bonds is 6. The highest BCUT2D eigenvalue weighted by Crippen LogP contribution is 2.21. The lowest BCUT2D eigenvalue weighted by molar-refractivity contribution is 0.516. The largest absolute Gasteiger partial charge is 0.271 e. The lowest BCUT2D eigenvalue weighted by Gasteiger charge is -2.17. The zero-order chi connectivity index (χ0) is 14.4. The molecule has 1 unspecified atom stereocenters. The van der Waals surface area contributed by atoms with Gasteiger partial charge in [0.1, 0.15) is 0 Å². The van der Waals surface area contributed by atoms with Gasteiger partial charge in [-0.25, -0.2) is 0 Å². The summed E-state index contributed by atoms with van der Waals surface area (Å²) in [5, 5.41) is 0. The number of nitrogens with zero attached hydrogens (tertiary/aromatic N) is 1. The third kappa shape index (κ3) is 3.89. The first kappa shape index (κ1) is 14.7. The van der Waals surface area contributed by atoms with E-state index in [2.05, 4.69) is 60.7 Å². The van der Waals surface area contributed by atoms with Gasteiger partial charge < -0.3 is 0 Å². The van der Waals surface area contributed by atoms with Crippen LogP contribution in [0.2, 0.25) is 0 Å². The van der Waals surface area contributed by atoms with Crippen LogP contribution in [0.5, 0.6) is 0 Å². The molecule has 3 heteroatoms. The molecule has 1 heterocycles. The van der Waals surface area contributed by atoms with E-state index in [-0.39, 0.29) is 6.04 Å². The summed E-state index contributed by atoms with van der Waals surface area (Å²) in [6, 6.07) is 13.0. The number of pyridine rings is 1. The van der Waals surface area contributed by atoms with Gasteiger partial charge in [0.2, 0.25) is 0 Å². The fourth-order valence-electron chi connectivity index (χ4n) is 2.32. The van der Waals surface area contributed by atoms with E-state index in [0.29, 0.717) is 5.92 Å². The summed E-state index contributed by atoms with van der Waals surface area (Å²) in [5.74, 6) is 6.26. The van der Waals surface area contributed by atoms with Crippen LogP contribution in [0, 0.1) is 0 Å². The molecule has 1 atom stereocenters. The minimum Gasteiger partial charge on any atom is -0.271 e. The third-order valence-electron chi connectivity index (χ3n) is 3.68. The minimum absolute atomic E-state index is 0.185. The van der Waals surface area contributed by atoms with Gasteiger partial charge in [-0.1, -0.05) is 38.1 Å². The number of hydrogen-bond acceptors (Lipinski definition) is 3. The van der Waals surface area contributed by atoms with Crippen molar-refractivity contribution in [3.05, 3.63) is 65.5 Å². The first-order chi connectivity index (χ1) is 9.70. The lowest BCUT2D eigenvalue weighted by Crippen LogP contribution is -2.28. The molecule has 3 N–H and O–H groups in total. The molecule has 0 aliphatic heterocycles. The van der Waals surface area contributed by atoms with Crippen molar-refractivity contribution in [2.45, 2.75) is 38.6 Å². The van der Waals surface area contributed by atoms with Crippen LogP contribution in [0.25, 0.3) is 0 Å². The number of hydrazine groups is 1. The summed E-state index contributed by atoms with van der Waals surface area (Å²) in [6.07, 6.45) is 5.63. The van der Waals surface area contributed by atoms with Crippen molar-refractivity contribution in [1.82, 2.24) is 10.4 Å². The van der Waals surface area contributed by atoms with Crippen molar-refractivity contribution in [2.24, 2.45) is 5.84 Å². The molecule has 0 radical (unpaired) electrons. The molecule has 0 fully saturated rings. The standard InChI is InChI=1S/C17H23N3/c1-13(2)15-4-6-16(7-5-15)17(20-18)8-3-14-9-11-19-12-10-14/h4-7,9-13,17,20H,3,8,18H2,1-2H3. The van der Waals surface area contributed by atoms with E-state index in [1.165, 1.54) is 16.7 Å². The average Bonchev–Trinajstić information content (AvgIpc) is 2.49. The van der Waals surface area contributed by atoms with Crippen LogP contribution in [-0.4, -0.2) is 4.98 Å². The Bertz CT molecular complexity index is 506. The van der Waals surface area contributed by atoms with E-state index in [0.717, 1.165) is 12.8 Å². The molecule has 0 saturated carbocycles. The Kier molecular flexibility index (Phi) is 5.27. The summed E-state index contributed by atoms with van der Waals surface area (Å²) < 4.78 is 0. The van der Waals surface area contributed by atoms with Crippen molar-refractivity contribution in [1.29, 1.82) is 0 Å². The number of nitrogens with two attached hydrogens (primary N) is 1. The van der Waals surface area contributed by atoms with Crippen LogP contribution in [-0.2, 0) is 6.42 Å². The summed E-state index contributed by atoms with van der Waals surface area (Å²) in [5.41, 5.74) is 6.81. The van der Waals surface area contributed by atoms with Crippen LogP contribution >= 0.6 is 0 Å². The van der Waals surface area contributed by atoms with Crippen LogP contribution < -0.4 is 11.3 Å². The molecule has 20 heavy (non-hydrogen) atoms. The number of aryl methyl sites for hydroxylation is 1. The highest BCUT2D eigenvalue weighted by Gasteiger charge is 2.10. The molecule has 2 rings (SSSR count). The van der Waals surface area contributed by atoms with Gasteiger partial charge in [0, 0.05) is 18.4 Å². The lowest BCUT2D eigenvalue weighted by atomic mass is 9.96. The second-order valence-electron chi connectivity index (χ2n) is 5.43. The molecule has 1 aromatic carbocycles. The molecule has 0 saturated heterocycles. The van der Waals surface area contributed by atoms with Crippen molar-refractivity contribution < 1.29 is 0 Å². The molecule has 0 spiro atoms. The fraction of sp³-hybridized carbons (Fsp3) is 0.353. The Morgan fingerprint density at radius 3 is 2.15 bits per heavy atom. The Morgan fingerprint density at radius 2 is 1.60 bits per heavy atom. The third-order valence-corrected chi connectivity index (χ3v) is 3.68. The van der Waals surface area contributed by atoms with Gasteiger partial charge >= 0.3 is 0 Å². The van der Waals surface area contributed by atoms with Crippen LogP contribution in [0.4, 0.5) is 0 Å². The first-order valence-electron chi connectivity index (χ1n) is 7.15. The minimum atomic E-state index is 0.185. The zero-order valence-electron chi connectivity index (χ0n) is 12.2. The van der Waals surface area contributed by atoms with Gasteiger partial charge in [0.25, 0.3) is 0 Å². The zero-order valence-corrected chi connectivity index (χ0v) is 12.2. The molecule has 1 aromatic heterocycles. The van der Waals surface area contributed by atoms with Crippen molar-refractivity contribution >= 4 is 0 Å². The second kappa shape index (κ2) is 7.17. The van der Waals surface area contributed by atoms with Crippen LogP contribution in [0.1, 0.15) is 48.9 Å². The Morgan fingerprint density at radius 1 is 1.00 bits per heavy atom. The number of nitrogens with one attached hydrogen (secondary N) is 1. The number of benzene rings is 1. The van der Waals surface area contributed by atoms with Gasteiger partial charge in [0.15, 0.2) is 0 Å². The van der Waals surface area contributed by atoms with E-state index >= 15 is 0 Å². The van der Waals surface area contributed by atoms with E-state index in [9.17, 15) is 0 Å². The topological polar surface area (TPSA) is 50.9 Å². The number of hydrogen-bond donors (Lipinski definition) is 2. The van der Waals surface area contributed by atoms with Gasteiger partial charge in [0.05, 0.1) is 0 Å². The Balaban J connectivity index is 2.01. The summed E-state index contributed by atoms with van der Waals surface area (Å²) in [7, 11) is 0. The van der Waals surface area contributed by atoms with Crippen LogP contribution in [0.15, 0.2) is 48.8 Å². The van der Waals surface area contributed by atoms with E-state index < -0.39 is 0 Å². The molecule has 0 aliphatic carbocycles. The van der Waals surface area contributed by atoms with Gasteiger partial charge in [-0.3, -0.25) is 16.3 Å². The highest BCUT2D eigenvalue weighted by molar-refractivity contribution is 5.27. The SMILES string of the molecule is CC(C)c1ccc(C(CCc2ccncc2)NN)cc1. The smallest absolute Gasteiger partial charge is 0.0463 e. The van der Waals surface area contributed by atoms with E-state index in [1.54, 1.807) is 0 Å². The maximum Gasteiger partial charge on any atom is 0.0463 e. The van der Waals surface area contributed by atoms with Crippen LogP contribution in [0.3, 0.4) is 0 Å². The molecule has 3 nitrogen and oxygen atoms in total. The Hall–Kier alpha value is -1.71. The molecule has 0 bridgehead atoms. The summed E-state index contributed by atoms with van der Waals surface area (Å²) in [6.45, 7) is 4.41. The summed E-state index contributed by atoms with van der Waals surface area (Å²) in [4.78, 5) is 4.04. The van der Waals surface area contributed by atoms with Crippen molar-refractivity contribution in [3.63, 3.8) is 0 Å². The highest BCUT2D eigenvalue weighted by atomic mass is 15.2. The molecule has 106 valence electrons. The molecular formula is C17H23N3. The normalized spacial score (nSPS) is 12.6. The Labute approximate surface area is 121 Å². The monoisotopic (exact) mass is 269 g/mol. The fourth-order valence-corrected chi connectivity index (χ4v) is 2.32. The molecule has 0 aliphatic rings. The van der Waals surface area contributed by atoms with E-state index in [1.807, 2.05) is 12.4 Å². The maximum absolute atomic E-state index is 5.70. The predicted molar refractivity (Wildman–Crippen MR) is 83.2 cm³/mol. The molecule has 0 amide bonds. The van der Waals surface area contributed by atoms with Crippen molar-refractivity contribution in [3.8, 4) is 0 Å².